The fraction of sp³-hybridized carbons (Fsp3) is 0.417. The quantitative estimate of drug-likeness (QED) is 0.891. The Labute approximate surface area is 101 Å². The summed E-state index contributed by atoms with van der Waals surface area (Å²) in [7, 11) is -3.35. The fourth-order valence-electron chi connectivity index (χ4n) is 1.54. The molecular weight excluding hydrogens is 240 g/mol. The van der Waals surface area contributed by atoms with E-state index in [1.807, 2.05) is 0 Å². The summed E-state index contributed by atoms with van der Waals surface area (Å²) in [5.74, 6) is -0.969. The van der Waals surface area contributed by atoms with E-state index < -0.39 is 21.1 Å². The minimum atomic E-state index is -3.35. The summed E-state index contributed by atoms with van der Waals surface area (Å²) in [6, 6.07) is 4.70. The first-order valence-electron chi connectivity index (χ1n) is 5.29. The molecule has 5 heteroatoms. The number of hydrogen-bond donors (Lipinski definition) is 1. The molecular formula is C12H16O4S. The minimum absolute atomic E-state index is 0.164. The van der Waals surface area contributed by atoms with Crippen LogP contribution in [0.4, 0.5) is 0 Å². The van der Waals surface area contributed by atoms with Crippen molar-refractivity contribution in [3.63, 3.8) is 0 Å². The second-order valence-corrected chi connectivity index (χ2v) is 6.82. The lowest BCUT2D eigenvalue weighted by Gasteiger charge is -2.10. The lowest BCUT2D eigenvalue weighted by Crippen LogP contribution is -2.14. The molecule has 0 aliphatic carbocycles. The van der Waals surface area contributed by atoms with Gasteiger partial charge >= 0.3 is 5.97 Å². The summed E-state index contributed by atoms with van der Waals surface area (Å²) < 4.78 is 23.9. The van der Waals surface area contributed by atoms with Gasteiger partial charge in [-0.05, 0) is 44.0 Å². The summed E-state index contributed by atoms with van der Waals surface area (Å²) >= 11 is 0. The van der Waals surface area contributed by atoms with Crippen LogP contribution in [0.1, 0.15) is 25.0 Å². The Morgan fingerprint density at radius 3 is 2.35 bits per heavy atom. The average Bonchev–Trinajstić information content (AvgIpc) is 2.15. The summed E-state index contributed by atoms with van der Waals surface area (Å²) in [5.41, 5.74) is 1.26. The molecule has 0 aliphatic heterocycles. The predicted molar refractivity (Wildman–Crippen MR) is 64.8 cm³/mol. The van der Waals surface area contributed by atoms with Crippen molar-refractivity contribution >= 4 is 15.8 Å². The predicted octanol–water partition coefficient (Wildman–Crippen LogP) is 1.80. The fourth-order valence-corrected chi connectivity index (χ4v) is 2.75. The normalized spacial score (nSPS) is 11.8. The van der Waals surface area contributed by atoms with E-state index in [0.717, 1.165) is 5.56 Å². The molecule has 0 amide bonds. The van der Waals surface area contributed by atoms with E-state index in [2.05, 4.69) is 0 Å². The molecule has 17 heavy (non-hydrogen) atoms. The van der Waals surface area contributed by atoms with Crippen LogP contribution >= 0.6 is 0 Å². The van der Waals surface area contributed by atoms with Crippen molar-refractivity contribution in [1.82, 2.24) is 0 Å². The Hall–Kier alpha value is -1.36. The van der Waals surface area contributed by atoms with Crippen molar-refractivity contribution in [2.24, 2.45) is 0 Å². The highest BCUT2D eigenvalue weighted by atomic mass is 32.2. The third kappa shape index (κ3) is 3.30. The van der Waals surface area contributed by atoms with Gasteiger partial charge in [0.1, 0.15) is 0 Å². The van der Waals surface area contributed by atoms with Gasteiger partial charge in [0.15, 0.2) is 9.84 Å². The highest BCUT2D eigenvalue weighted by molar-refractivity contribution is 7.92. The van der Waals surface area contributed by atoms with Crippen LogP contribution in [0.2, 0.25) is 0 Å². The van der Waals surface area contributed by atoms with Crippen molar-refractivity contribution in [3.8, 4) is 0 Å². The van der Waals surface area contributed by atoms with E-state index >= 15 is 0 Å². The molecule has 0 saturated heterocycles. The van der Waals surface area contributed by atoms with E-state index in [-0.39, 0.29) is 11.3 Å². The third-order valence-electron chi connectivity index (χ3n) is 2.42. The van der Waals surface area contributed by atoms with E-state index in [0.29, 0.717) is 5.56 Å². The highest BCUT2D eigenvalue weighted by Crippen LogP contribution is 2.19. The lowest BCUT2D eigenvalue weighted by atomic mass is 10.1. The molecule has 0 unspecified atom stereocenters. The Morgan fingerprint density at radius 1 is 1.29 bits per heavy atom. The summed E-state index contributed by atoms with van der Waals surface area (Å²) in [6.45, 7) is 4.97. The van der Waals surface area contributed by atoms with Crippen LogP contribution < -0.4 is 0 Å². The van der Waals surface area contributed by atoms with Crippen molar-refractivity contribution in [2.45, 2.75) is 37.3 Å². The van der Waals surface area contributed by atoms with Gasteiger partial charge < -0.3 is 5.11 Å². The maximum absolute atomic E-state index is 12.0. The second-order valence-electron chi connectivity index (χ2n) is 4.32. The smallest absolute Gasteiger partial charge is 0.307 e. The topological polar surface area (TPSA) is 71.4 Å². The molecule has 1 aromatic rings. The lowest BCUT2D eigenvalue weighted by molar-refractivity contribution is -0.136. The molecule has 1 rings (SSSR count). The minimum Gasteiger partial charge on any atom is -0.481 e. The largest absolute Gasteiger partial charge is 0.481 e. The first kappa shape index (κ1) is 13.7. The zero-order chi connectivity index (χ0) is 13.2. The van der Waals surface area contributed by atoms with Crippen LogP contribution in [0.15, 0.2) is 23.1 Å². The van der Waals surface area contributed by atoms with Gasteiger partial charge in [0.2, 0.25) is 0 Å². The standard InChI is InChI=1S/C12H16O4S/c1-8(2)17(15,16)11-5-9(3)4-10(6-11)7-12(13)14/h4-6,8H,7H2,1-3H3,(H,13,14). The van der Waals surface area contributed by atoms with Gasteiger partial charge in [0.25, 0.3) is 0 Å². The second kappa shape index (κ2) is 4.87. The van der Waals surface area contributed by atoms with Gasteiger partial charge in [-0.2, -0.15) is 0 Å². The molecule has 0 radical (unpaired) electrons. The summed E-state index contributed by atoms with van der Waals surface area (Å²) in [4.78, 5) is 10.8. The molecule has 0 heterocycles. The average molecular weight is 256 g/mol. The number of benzene rings is 1. The highest BCUT2D eigenvalue weighted by Gasteiger charge is 2.20. The number of sulfone groups is 1. The van der Waals surface area contributed by atoms with Gasteiger partial charge in [0, 0.05) is 0 Å². The molecule has 0 fully saturated rings. The van der Waals surface area contributed by atoms with Crippen LogP contribution in [0.3, 0.4) is 0 Å². The van der Waals surface area contributed by atoms with Crippen LogP contribution in [-0.2, 0) is 21.1 Å². The number of carbonyl (C=O) groups is 1. The SMILES string of the molecule is Cc1cc(CC(=O)O)cc(S(=O)(=O)C(C)C)c1. The molecule has 0 aromatic heterocycles. The first-order valence-corrected chi connectivity index (χ1v) is 6.84. The van der Waals surface area contributed by atoms with Gasteiger partial charge in [-0.15, -0.1) is 0 Å². The van der Waals surface area contributed by atoms with Gasteiger partial charge in [-0.3, -0.25) is 4.79 Å². The molecule has 0 atom stereocenters. The Balaban J connectivity index is 3.28. The van der Waals surface area contributed by atoms with Crippen LogP contribution in [0.25, 0.3) is 0 Å². The van der Waals surface area contributed by atoms with Gasteiger partial charge in [-0.25, -0.2) is 8.42 Å². The Kier molecular flexibility index (Phi) is 3.93. The first-order chi connectivity index (χ1) is 7.73. The monoisotopic (exact) mass is 256 g/mol. The van der Waals surface area contributed by atoms with E-state index in [1.54, 1.807) is 32.9 Å². The number of carboxylic acid groups (broad SMARTS) is 1. The zero-order valence-electron chi connectivity index (χ0n) is 10.1. The van der Waals surface area contributed by atoms with Gasteiger partial charge in [0.05, 0.1) is 16.6 Å². The van der Waals surface area contributed by atoms with Gasteiger partial charge in [-0.1, -0.05) is 6.07 Å². The zero-order valence-corrected chi connectivity index (χ0v) is 10.9. The Bertz CT molecular complexity index is 529. The van der Waals surface area contributed by atoms with Crippen LogP contribution in [-0.4, -0.2) is 24.7 Å². The van der Waals surface area contributed by atoms with Crippen molar-refractivity contribution < 1.29 is 18.3 Å². The van der Waals surface area contributed by atoms with Crippen LogP contribution in [0, 0.1) is 6.92 Å². The van der Waals surface area contributed by atoms with Crippen molar-refractivity contribution in [2.75, 3.05) is 0 Å². The number of aliphatic carboxylic acids is 1. The Morgan fingerprint density at radius 2 is 1.88 bits per heavy atom. The summed E-state index contributed by atoms with van der Waals surface area (Å²) in [6.07, 6.45) is -0.164. The van der Waals surface area contributed by atoms with E-state index in [1.165, 1.54) is 6.07 Å². The number of carboxylic acids is 1. The van der Waals surface area contributed by atoms with Crippen molar-refractivity contribution in [1.29, 1.82) is 0 Å². The third-order valence-corrected chi connectivity index (χ3v) is 4.55. The maximum Gasteiger partial charge on any atom is 0.307 e. The van der Waals surface area contributed by atoms with Crippen LogP contribution in [0.5, 0.6) is 0 Å². The molecule has 1 aromatic carbocycles. The van der Waals surface area contributed by atoms with E-state index in [4.69, 9.17) is 5.11 Å². The number of rotatable bonds is 4. The molecule has 1 N–H and O–H groups in total. The molecule has 4 nitrogen and oxygen atoms in total. The number of hydrogen-bond acceptors (Lipinski definition) is 3. The summed E-state index contributed by atoms with van der Waals surface area (Å²) in [5, 5.41) is 8.20. The number of aryl methyl sites for hydroxylation is 1. The maximum atomic E-state index is 12.0. The molecule has 0 aliphatic rings. The molecule has 0 spiro atoms. The van der Waals surface area contributed by atoms with E-state index in [9.17, 15) is 13.2 Å². The van der Waals surface area contributed by atoms with Crippen molar-refractivity contribution in [3.05, 3.63) is 29.3 Å². The molecule has 0 bridgehead atoms. The molecule has 94 valence electrons. The molecule has 0 saturated carbocycles.